The maximum absolute atomic E-state index is 5.97. The average molecular weight is 253 g/mol. The fourth-order valence-electron chi connectivity index (χ4n) is 2.12. The highest BCUT2D eigenvalue weighted by Gasteiger charge is 2.09. The van der Waals surface area contributed by atoms with Crippen LogP contribution in [0.1, 0.15) is 11.3 Å². The van der Waals surface area contributed by atoms with Crippen LogP contribution in [0.25, 0.3) is 11.2 Å². The predicted molar refractivity (Wildman–Crippen MR) is 74.6 cm³/mol. The van der Waals surface area contributed by atoms with Gasteiger partial charge in [-0.25, -0.2) is 9.97 Å². The van der Waals surface area contributed by atoms with E-state index in [1.54, 1.807) is 12.4 Å². The van der Waals surface area contributed by atoms with Crippen molar-refractivity contribution in [2.24, 2.45) is 0 Å². The second-order valence-corrected chi connectivity index (χ2v) is 4.52. The number of aryl methyl sites for hydroxylation is 3. The first kappa shape index (κ1) is 11.6. The molecule has 0 saturated heterocycles. The summed E-state index contributed by atoms with van der Waals surface area (Å²) in [6.45, 7) is 2.73. The standard InChI is InChI=1S/C14H15N5/c1-10-2-3-12-13(17-10)19(14(15)18-12)9-6-11-4-7-16-8-5-11/h2-5,7-8H,6,9H2,1H3,(H2,15,18). The summed E-state index contributed by atoms with van der Waals surface area (Å²) in [6, 6.07) is 7.92. The van der Waals surface area contributed by atoms with Crippen LogP contribution < -0.4 is 5.73 Å². The molecule has 5 heteroatoms. The number of nitrogens with zero attached hydrogens (tertiary/aromatic N) is 4. The van der Waals surface area contributed by atoms with E-state index in [1.807, 2.05) is 35.8 Å². The molecule has 5 nitrogen and oxygen atoms in total. The van der Waals surface area contributed by atoms with E-state index in [2.05, 4.69) is 15.0 Å². The zero-order valence-corrected chi connectivity index (χ0v) is 10.7. The summed E-state index contributed by atoms with van der Waals surface area (Å²) >= 11 is 0. The van der Waals surface area contributed by atoms with Crippen LogP contribution in [-0.4, -0.2) is 19.5 Å². The Morgan fingerprint density at radius 3 is 2.68 bits per heavy atom. The van der Waals surface area contributed by atoms with Crippen molar-refractivity contribution in [1.29, 1.82) is 0 Å². The van der Waals surface area contributed by atoms with E-state index in [0.29, 0.717) is 5.95 Å². The molecule has 3 aromatic rings. The van der Waals surface area contributed by atoms with Crippen LogP contribution in [0, 0.1) is 6.92 Å². The van der Waals surface area contributed by atoms with Crippen molar-refractivity contribution in [3.63, 3.8) is 0 Å². The number of pyridine rings is 2. The molecule has 0 aliphatic rings. The number of anilines is 1. The second kappa shape index (κ2) is 4.68. The fraction of sp³-hybridized carbons (Fsp3) is 0.214. The van der Waals surface area contributed by atoms with Gasteiger partial charge < -0.3 is 5.73 Å². The van der Waals surface area contributed by atoms with Crippen LogP contribution >= 0.6 is 0 Å². The number of imidazole rings is 1. The number of fused-ring (bicyclic) bond motifs is 1. The van der Waals surface area contributed by atoms with Crippen LogP contribution in [0.5, 0.6) is 0 Å². The largest absolute Gasteiger partial charge is 0.369 e. The maximum atomic E-state index is 5.97. The maximum Gasteiger partial charge on any atom is 0.202 e. The number of nitrogen functional groups attached to an aromatic ring is 1. The highest BCUT2D eigenvalue weighted by Crippen LogP contribution is 2.17. The van der Waals surface area contributed by atoms with Gasteiger partial charge in [0.1, 0.15) is 5.52 Å². The van der Waals surface area contributed by atoms with Crippen LogP contribution in [0.15, 0.2) is 36.7 Å². The minimum absolute atomic E-state index is 0.516. The van der Waals surface area contributed by atoms with Gasteiger partial charge in [-0.15, -0.1) is 0 Å². The van der Waals surface area contributed by atoms with Crippen molar-refractivity contribution < 1.29 is 0 Å². The Labute approximate surface area is 111 Å². The predicted octanol–water partition coefficient (Wildman–Crippen LogP) is 1.96. The van der Waals surface area contributed by atoms with Crippen molar-refractivity contribution in [3.8, 4) is 0 Å². The van der Waals surface area contributed by atoms with Gasteiger partial charge in [0.15, 0.2) is 5.65 Å². The van der Waals surface area contributed by atoms with Crippen LogP contribution in [0.4, 0.5) is 5.95 Å². The Bertz CT molecular complexity index is 702. The molecule has 0 aliphatic carbocycles. The third kappa shape index (κ3) is 2.27. The summed E-state index contributed by atoms with van der Waals surface area (Å²) in [5.41, 5.74) is 9.86. The molecule has 0 fully saturated rings. The summed E-state index contributed by atoms with van der Waals surface area (Å²) in [5.74, 6) is 0.516. The van der Waals surface area contributed by atoms with Crippen LogP contribution in [-0.2, 0) is 13.0 Å². The minimum Gasteiger partial charge on any atom is -0.369 e. The zero-order chi connectivity index (χ0) is 13.2. The molecule has 96 valence electrons. The molecule has 2 N–H and O–H groups in total. The van der Waals surface area contributed by atoms with Gasteiger partial charge >= 0.3 is 0 Å². The summed E-state index contributed by atoms with van der Waals surface area (Å²) in [7, 11) is 0. The van der Waals surface area contributed by atoms with Gasteiger partial charge in [-0.2, -0.15) is 0 Å². The van der Waals surface area contributed by atoms with Gasteiger partial charge in [0, 0.05) is 24.6 Å². The van der Waals surface area contributed by atoms with Crippen molar-refractivity contribution >= 4 is 17.1 Å². The first-order valence-electron chi connectivity index (χ1n) is 6.22. The first-order chi connectivity index (χ1) is 9.24. The lowest BCUT2D eigenvalue weighted by Gasteiger charge is -2.06. The van der Waals surface area contributed by atoms with Gasteiger partial charge in [0.25, 0.3) is 0 Å². The van der Waals surface area contributed by atoms with E-state index in [4.69, 9.17) is 5.73 Å². The Hall–Kier alpha value is -2.43. The molecule has 0 radical (unpaired) electrons. The van der Waals surface area contributed by atoms with E-state index in [9.17, 15) is 0 Å². The summed E-state index contributed by atoms with van der Waals surface area (Å²) in [4.78, 5) is 12.9. The highest BCUT2D eigenvalue weighted by molar-refractivity contribution is 5.74. The van der Waals surface area contributed by atoms with Crippen molar-refractivity contribution in [1.82, 2.24) is 19.5 Å². The van der Waals surface area contributed by atoms with E-state index < -0.39 is 0 Å². The van der Waals surface area contributed by atoms with E-state index >= 15 is 0 Å². The first-order valence-corrected chi connectivity index (χ1v) is 6.22. The molecule has 0 bridgehead atoms. The molecule has 0 amide bonds. The quantitative estimate of drug-likeness (QED) is 0.774. The zero-order valence-electron chi connectivity index (χ0n) is 10.7. The molecule has 19 heavy (non-hydrogen) atoms. The molecule has 3 heterocycles. The number of hydrogen-bond donors (Lipinski definition) is 1. The normalized spacial score (nSPS) is 11.0. The van der Waals surface area contributed by atoms with E-state index in [1.165, 1.54) is 5.56 Å². The average Bonchev–Trinajstić information content (AvgIpc) is 2.73. The number of hydrogen-bond acceptors (Lipinski definition) is 4. The molecule has 0 saturated carbocycles. The Balaban J connectivity index is 1.92. The Morgan fingerprint density at radius 1 is 1.11 bits per heavy atom. The second-order valence-electron chi connectivity index (χ2n) is 4.52. The molecule has 0 aliphatic heterocycles. The highest BCUT2D eigenvalue weighted by atomic mass is 15.2. The summed E-state index contributed by atoms with van der Waals surface area (Å²) in [5, 5.41) is 0. The lowest BCUT2D eigenvalue weighted by molar-refractivity contribution is 0.718. The summed E-state index contributed by atoms with van der Waals surface area (Å²) < 4.78 is 1.96. The van der Waals surface area contributed by atoms with Crippen molar-refractivity contribution in [2.45, 2.75) is 19.9 Å². The van der Waals surface area contributed by atoms with Crippen LogP contribution in [0.3, 0.4) is 0 Å². The summed E-state index contributed by atoms with van der Waals surface area (Å²) in [6.07, 6.45) is 4.48. The minimum atomic E-state index is 0.516. The molecule has 0 unspecified atom stereocenters. The van der Waals surface area contributed by atoms with Gasteiger partial charge in [-0.05, 0) is 43.2 Å². The molecule has 3 rings (SSSR count). The Morgan fingerprint density at radius 2 is 1.89 bits per heavy atom. The molecule has 0 aromatic carbocycles. The Kier molecular flexibility index (Phi) is 2.87. The molecule has 0 spiro atoms. The third-order valence-corrected chi connectivity index (χ3v) is 3.13. The molecule has 0 atom stereocenters. The smallest absolute Gasteiger partial charge is 0.202 e. The van der Waals surface area contributed by atoms with Gasteiger partial charge in [-0.1, -0.05) is 0 Å². The van der Waals surface area contributed by atoms with Gasteiger partial charge in [0.05, 0.1) is 0 Å². The van der Waals surface area contributed by atoms with E-state index in [-0.39, 0.29) is 0 Å². The SMILES string of the molecule is Cc1ccc2nc(N)n(CCc3ccncc3)c2n1. The topological polar surface area (TPSA) is 69.6 Å². The van der Waals surface area contributed by atoms with Gasteiger partial charge in [0.2, 0.25) is 5.95 Å². The van der Waals surface area contributed by atoms with Crippen molar-refractivity contribution in [3.05, 3.63) is 47.9 Å². The molecular formula is C14H15N5. The third-order valence-electron chi connectivity index (χ3n) is 3.13. The lowest BCUT2D eigenvalue weighted by Crippen LogP contribution is -2.06. The fourth-order valence-corrected chi connectivity index (χ4v) is 2.12. The van der Waals surface area contributed by atoms with Gasteiger partial charge in [-0.3, -0.25) is 9.55 Å². The lowest BCUT2D eigenvalue weighted by atomic mass is 10.2. The number of rotatable bonds is 3. The van der Waals surface area contributed by atoms with Crippen molar-refractivity contribution in [2.75, 3.05) is 5.73 Å². The van der Waals surface area contributed by atoms with E-state index in [0.717, 1.165) is 29.8 Å². The number of aromatic nitrogens is 4. The monoisotopic (exact) mass is 253 g/mol. The van der Waals surface area contributed by atoms with Crippen LogP contribution in [0.2, 0.25) is 0 Å². The molecule has 3 aromatic heterocycles. The number of nitrogens with two attached hydrogens (primary N) is 1. The molecular weight excluding hydrogens is 238 g/mol.